The summed E-state index contributed by atoms with van der Waals surface area (Å²) in [6.45, 7) is 6.57. The summed E-state index contributed by atoms with van der Waals surface area (Å²) < 4.78 is 0. The molecule has 116 valence electrons. The van der Waals surface area contributed by atoms with Gasteiger partial charge >= 0.3 is 0 Å². The summed E-state index contributed by atoms with van der Waals surface area (Å²) in [4.78, 5) is 13.9. The number of hydrogen-bond acceptors (Lipinski definition) is 3. The first-order chi connectivity index (χ1) is 10.7. The van der Waals surface area contributed by atoms with Crippen LogP contribution < -0.4 is 5.32 Å². The molecule has 1 heterocycles. The number of amides is 1. The fourth-order valence-corrected chi connectivity index (χ4v) is 2.91. The lowest BCUT2D eigenvalue weighted by Crippen LogP contribution is -2.43. The number of benzene rings is 1. The zero-order valence-corrected chi connectivity index (χ0v) is 12.9. The van der Waals surface area contributed by atoms with E-state index in [1.807, 2.05) is 30.3 Å². The summed E-state index contributed by atoms with van der Waals surface area (Å²) in [5.74, 6) is 0.0556. The number of nitrogens with one attached hydrogen (secondary N) is 1. The molecule has 4 nitrogen and oxygen atoms in total. The van der Waals surface area contributed by atoms with Crippen molar-refractivity contribution < 1.29 is 4.79 Å². The third kappa shape index (κ3) is 3.96. The molecule has 1 fully saturated rings. The Balaban J connectivity index is 1.86. The number of rotatable bonds is 6. The number of likely N-dealkylation sites (tertiary alicyclic amines) is 1. The second-order valence-electron chi connectivity index (χ2n) is 5.74. The number of piperidine rings is 1. The lowest BCUT2D eigenvalue weighted by molar-refractivity contribution is -0.121. The normalized spacial score (nSPS) is 17.4. The highest BCUT2D eigenvalue weighted by Gasteiger charge is 2.36. The Labute approximate surface area is 132 Å². The summed E-state index contributed by atoms with van der Waals surface area (Å²) in [5, 5.41) is 12.4. The summed E-state index contributed by atoms with van der Waals surface area (Å²) in [6.07, 6.45) is 3.82. The van der Waals surface area contributed by atoms with Gasteiger partial charge in [0.25, 0.3) is 0 Å². The maximum Gasteiger partial charge on any atom is 0.221 e. The Kier molecular flexibility index (Phi) is 5.74. The zero-order chi connectivity index (χ0) is 15.8. The number of hydrogen-bond donors (Lipinski definition) is 1. The number of carbonyl (C=O) groups is 1. The Morgan fingerprint density at radius 3 is 2.64 bits per heavy atom. The average Bonchev–Trinajstić information content (AvgIpc) is 2.59. The number of nitriles is 1. The Morgan fingerprint density at radius 1 is 1.36 bits per heavy atom. The molecule has 0 unspecified atom stereocenters. The molecule has 1 saturated heterocycles. The predicted octanol–water partition coefficient (Wildman–Crippen LogP) is 2.24. The Morgan fingerprint density at radius 2 is 2.05 bits per heavy atom. The van der Waals surface area contributed by atoms with Crippen molar-refractivity contribution in [2.45, 2.75) is 24.7 Å². The smallest absolute Gasteiger partial charge is 0.221 e. The minimum atomic E-state index is -0.372. The van der Waals surface area contributed by atoms with Crippen molar-refractivity contribution in [1.29, 1.82) is 5.26 Å². The third-order valence-corrected chi connectivity index (χ3v) is 4.35. The van der Waals surface area contributed by atoms with E-state index < -0.39 is 0 Å². The lowest BCUT2D eigenvalue weighted by atomic mass is 9.74. The van der Waals surface area contributed by atoms with E-state index >= 15 is 0 Å². The van der Waals surface area contributed by atoms with Crippen molar-refractivity contribution in [2.75, 3.05) is 26.2 Å². The van der Waals surface area contributed by atoms with E-state index in [1.165, 1.54) is 0 Å². The molecule has 0 spiro atoms. The first-order valence-corrected chi connectivity index (χ1v) is 7.77. The molecule has 0 saturated carbocycles. The number of carbonyl (C=O) groups excluding carboxylic acids is 1. The van der Waals surface area contributed by atoms with Crippen LogP contribution in [0, 0.1) is 11.3 Å². The predicted molar refractivity (Wildman–Crippen MR) is 87.2 cm³/mol. The van der Waals surface area contributed by atoms with Gasteiger partial charge in [-0.1, -0.05) is 36.4 Å². The maximum absolute atomic E-state index is 11.6. The van der Waals surface area contributed by atoms with E-state index in [2.05, 4.69) is 22.9 Å². The molecule has 0 aliphatic carbocycles. The van der Waals surface area contributed by atoms with E-state index in [1.54, 1.807) is 6.08 Å². The molecular weight excluding hydrogens is 274 g/mol. The van der Waals surface area contributed by atoms with Crippen LogP contribution in [0.2, 0.25) is 0 Å². The van der Waals surface area contributed by atoms with Gasteiger partial charge in [-0.25, -0.2) is 0 Å². The monoisotopic (exact) mass is 297 g/mol. The van der Waals surface area contributed by atoms with Crippen LogP contribution >= 0.6 is 0 Å². The standard InChI is InChI=1S/C18H23N3O/c1-2-11-20-17(22)8-12-21-13-9-18(15-19,10-14-21)16-6-4-3-5-7-16/h2-7H,1,8-14H2,(H,20,22). The van der Waals surface area contributed by atoms with Crippen molar-refractivity contribution in [2.24, 2.45) is 0 Å². The average molecular weight is 297 g/mol. The van der Waals surface area contributed by atoms with E-state index in [4.69, 9.17) is 0 Å². The SMILES string of the molecule is C=CCNC(=O)CCN1CCC(C#N)(c2ccccc2)CC1. The van der Waals surface area contributed by atoms with Gasteiger partial charge in [0, 0.05) is 19.5 Å². The van der Waals surface area contributed by atoms with Crippen LogP contribution in [0.25, 0.3) is 0 Å². The van der Waals surface area contributed by atoms with Crippen LogP contribution in [0.15, 0.2) is 43.0 Å². The molecule has 0 aromatic heterocycles. The molecule has 1 amide bonds. The summed E-state index contributed by atoms with van der Waals surface area (Å²) >= 11 is 0. The van der Waals surface area contributed by atoms with Gasteiger partial charge in [-0.15, -0.1) is 6.58 Å². The minimum Gasteiger partial charge on any atom is -0.353 e. The molecule has 0 atom stereocenters. The van der Waals surface area contributed by atoms with Crippen LogP contribution in [0.1, 0.15) is 24.8 Å². The molecule has 1 N–H and O–H groups in total. The van der Waals surface area contributed by atoms with Crippen LogP contribution in [0.4, 0.5) is 0 Å². The van der Waals surface area contributed by atoms with Crippen LogP contribution in [-0.4, -0.2) is 37.0 Å². The minimum absolute atomic E-state index is 0.0556. The van der Waals surface area contributed by atoms with Crippen molar-refractivity contribution in [3.05, 3.63) is 48.6 Å². The quantitative estimate of drug-likeness (QED) is 0.819. The maximum atomic E-state index is 11.6. The molecule has 1 aromatic rings. The summed E-state index contributed by atoms with van der Waals surface area (Å²) in [6, 6.07) is 12.6. The van der Waals surface area contributed by atoms with Crippen LogP contribution in [0.3, 0.4) is 0 Å². The van der Waals surface area contributed by atoms with Crippen molar-refractivity contribution in [3.8, 4) is 6.07 Å². The first kappa shape index (κ1) is 16.3. The van der Waals surface area contributed by atoms with Gasteiger partial charge in [-0.2, -0.15) is 5.26 Å². The van der Waals surface area contributed by atoms with Crippen molar-refractivity contribution in [1.82, 2.24) is 10.2 Å². The molecule has 22 heavy (non-hydrogen) atoms. The lowest BCUT2D eigenvalue weighted by Gasteiger charge is -2.37. The van der Waals surface area contributed by atoms with Gasteiger partial charge in [0.2, 0.25) is 5.91 Å². The molecule has 0 radical (unpaired) electrons. The molecule has 2 rings (SSSR count). The second kappa shape index (κ2) is 7.77. The van der Waals surface area contributed by atoms with Gasteiger partial charge < -0.3 is 10.2 Å². The first-order valence-electron chi connectivity index (χ1n) is 7.77. The van der Waals surface area contributed by atoms with Gasteiger partial charge in [0.05, 0.1) is 11.5 Å². The fourth-order valence-electron chi connectivity index (χ4n) is 2.91. The highest BCUT2D eigenvalue weighted by atomic mass is 16.1. The molecule has 4 heteroatoms. The van der Waals surface area contributed by atoms with E-state index in [9.17, 15) is 10.1 Å². The van der Waals surface area contributed by atoms with Crippen molar-refractivity contribution in [3.63, 3.8) is 0 Å². The van der Waals surface area contributed by atoms with Crippen LogP contribution in [-0.2, 0) is 10.2 Å². The largest absolute Gasteiger partial charge is 0.353 e. The van der Waals surface area contributed by atoms with Gasteiger partial charge in [-0.3, -0.25) is 4.79 Å². The molecule has 1 aliphatic heterocycles. The van der Waals surface area contributed by atoms with E-state index in [0.717, 1.165) is 38.0 Å². The molecule has 1 aliphatic rings. The van der Waals surface area contributed by atoms with E-state index in [0.29, 0.717) is 13.0 Å². The Bertz CT molecular complexity index is 539. The number of nitrogens with zero attached hydrogens (tertiary/aromatic N) is 2. The zero-order valence-electron chi connectivity index (χ0n) is 12.9. The summed E-state index contributed by atoms with van der Waals surface area (Å²) in [5.41, 5.74) is 0.740. The van der Waals surface area contributed by atoms with Gasteiger partial charge in [-0.05, 0) is 31.5 Å². The second-order valence-corrected chi connectivity index (χ2v) is 5.74. The highest BCUT2D eigenvalue weighted by molar-refractivity contribution is 5.76. The van der Waals surface area contributed by atoms with Gasteiger partial charge in [0.15, 0.2) is 0 Å². The van der Waals surface area contributed by atoms with E-state index in [-0.39, 0.29) is 11.3 Å². The van der Waals surface area contributed by atoms with Gasteiger partial charge in [0.1, 0.15) is 0 Å². The third-order valence-electron chi connectivity index (χ3n) is 4.35. The topological polar surface area (TPSA) is 56.1 Å². The fraction of sp³-hybridized carbons (Fsp3) is 0.444. The van der Waals surface area contributed by atoms with Crippen molar-refractivity contribution >= 4 is 5.91 Å². The molecule has 0 bridgehead atoms. The highest BCUT2D eigenvalue weighted by Crippen LogP contribution is 2.34. The molecular formula is C18H23N3O. The van der Waals surface area contributed by atoms with Crippen LogP contribution in [0.5, 0.6) is 0 Å². The molecule has 1 aromatic carbocycles. The summed E-state index contributed by atoms with van der Waals surface area (Å²) in [7, 11) is 0. The Hall–Kier alpha value is -2.12.